The molecule has 0 radical (unpaired) electrons. The Balaban J connectivity index is 1.59. The molecule has 5 nitrogen and oxygen atoms in total. The summed E-state index contributed by atoms with van der Waals surface area (Å²) >= 11 is 0. The van der Waals surface area contributed by atoms with Crippen LogP contribution in [0.4, 0.5) is 5.69 Å². The number of nitrogens with one attached hydrogen (secondary N) is 2. The highest BCUT2D eigenvalue weighted by atomic mass is 16.5. The zero-order valence-electron chi connectivity index (χ0n) is 12.8. The molecule has 0 unspecified atom stereocenters. The molecule has 2 aromatic carbocycles. The topological polar surface area (TPSA) is 67.4 Å². The Kier molecular flexibility index (Phi) is 4.28. The SMILES string of the molecule is Cc1ccc(Oc2ccc(NC(=O)[C@H]3CCC(=O)N3)cc2)cc1. The first-order valence-corrected chi connectivity index (χ1v) is 7.55. The highest BCUT2D eigenvalue weighted by Crippen LogP contribution is 2.23. The van der Waals surface area contributed by atoms with Crippen LogP contribution in [0.1, 0.15) is 18.4 Å². The monoisotopic (exact) mass is 310 g/mol. The van der Waals surface area contributed by atoms with Crippen molar-refractivity contribution >= 4 is 17.5 Å². The van der Waals surface area contributed by atoms with E-state index in [4.69, 9.17) is 4.74 Å². The molecule has 0 spiro atoms. The van der Waals surface area contributed by atoms with Crippen LogP contribution in [-0.4, -0.2) is 17.9 Å². The van der Waals surface area contributed by atoms with E-state index < -0.39 is 6.04 Å². The maximum atomic E-state index is 12.0. The van der Waals surface area contributed by atoms with E-state index in [1.54, 1.807) is 24.3 Å². The predicted molar refractivity (Wildman–Crippen MR) is 87.5 cm³/mol. The largest absolute Gasteiger partial charge is 0.457 e. The lowest BCUT2D eigenvalue weighted by molar-refractivity contribution is -0.122. The van der Waals surface area contributed by atoms with Crippen LogP contribution in [0.3, 0.4) is 0 Å². The van der Waals surface area contributed by atoms with Crippen molar-refractivity contribution in [1.29, 1.82) is 0 Å². The first-order chi connectivity index (χ1) is 11.1. The Labute approximate surface area is 134 Å². The molecule has 5 heteroatoms. The zero-order chi connectivity index (χ0) is 16.2. The van der Waals surface area contributed by atoms with E-state index in [1.807, 2.05) is 31.2 Å². The van der Waals surface area contributed by atoms with E-state index in [-0.39, 0.29) is 11.8 Å². The van der Waals surface area contributed by atoms with E-state index in [0.29, 0.717) is 24.3 Å². The summed E-state index contributed by atoms with van der Waals surface area (Å²) < 4.78 is 5.74. The van der Waals surface area contributed by atoms with Crippen molar-refractivity contribution < 1.29 is 14.3 Å². The average molecular weight is 310 g/mol. The highest BCUT2D eigenvalue weighted by Gasteiger charge is 2.26. The molecular weight excluding hydrogens is 292 g/mol. The van der Waals surface area contributed by atoms with Crippen LogP contribution in [0.2, 0.25) is 0 Å². The lowest BCUT2D eigenvalue weighted by Gasteiger charge is -2.11. The summed E-state index contributed by atoms with van der Waals surface area (Å²) in [4.78, 5) is 23.2. The first-order valence-electron chi connectivity index (χ1n) is 7.55. The maximum absolute atomic E-state index is 12.0. The van der Waals surface area contributed by atoms with Crippen molar-refractivity contribution in [3.05, 3.63) is 54.1 Å². The van der Waals surface area contributed by atoms with Gasteiger partial charge in [0.05, 0.1) is 0 Å². The zero-order valence-corrected chi connectivity index (χ0v) is 12.8. The number of benzene rings is 2. The number of ether oxygens (including phenoxy) is 1. The third-order valence-electron chi connectivity index (χ3n) is 3.69. The molecule has 1 saturated heterocycles. The molecule has 0 aliphatic carbocycles. The number of anilines is 1. The van der Waals surface area contributed by atoms with Gasteiger partial charge in [-0.05, 0) is 49.7 Å². The van der Waals surface area contributed by atoms with Gasteiger partial charge < -0.3 is 15.4 Å². The van der Waals surface area contributed by atoms with Crippen LogP contribution in [0.5, 0.6) is 11.5 Å². The van der Waals surface area contributed by atoms with Gasteiger partial charge in [-0.15, -0.1) is 0 Å². The second-order valence-corrected chi connectivity index (χ2v) is 5.59. The minimum Gasteiger partial charge on any atom is -0.457 e. The van der Waals surface area contributed by atoms with Crippen LogP contribution < -0.4 is 15.4 Å². The molecule has 2 aromatic rings. The smallest absolute Gasteiger partial charge is 0.246 e. The van der Waals surface area contributed by atoms with Gasteiger partial charge in [-0.1, -0.05) is 17.7 Å². The number of aryl methyl sites for hydroxylation is 1. The molecule has 0 aromatic heterocycles. The van der Waals surface area contributed by atoms with Crippen molar-refractivity contribution in [3.8, 4) is 11.5 Å². The van der Waals surface area contributed by atoms with Crippen molar-refractivity contribution in [3.63, 3.8) is 0 Å². The average Bonchev–Trinajstić information content (AvgIpc) is 2.98. The fourth-order valence-corrected chi connectivity index (χ4v) is 2.39. The molecule has 23 heavy (non-hydrogen) atoms. The van der Waals surface area contributed by atoms with E-state index in [2.05, 4.69) is 10.6 Å². The fourth-order valence-electron chi connectivity index (χ4n) is 2.39. The summed E-state index contributed by atoms with van der Waals surface area (Å²) in [5.74, 6) is 1.19. The van der Waals surface area contributed by atoms with Crippen molar-refractivity contribution in [2.75, 3.05) is 5.32 Å². The number of carbonyl (C=O) groups is 2. The van der Waals surface area contributed by atoms with Crippen LogP contribution in [0.15, 0.2) is 48.5 Å². The van der Waals surface area contributed by atoms with Gasteiger partial charge in [-0.25, -0.2) is 0 Å². The minimum atomic E-state index is -0.439. The second-order valence-electron chi connectivity index (χ2n) is 5.59. The quantitative estimate of drug-likeness (QED) is 0.912. The summed E-state index contributed by atoms with van der Waals surface area (Å²) in [6.07, 6.45) is 0.945. The Hall–Kier alpha value is -2.82. The first kappa shape index (κ1) is 15.1. The normalized spacial score (nSPS) is 16.7. The lowest BCUT2D eigenvalue weighted by atomic mass is 10.2. The summed E-state index contributed by atoms with van der Waals surface area (Å²) in [6, 6.07) is 14.5. The molecule has 1 aliphatic rings. The molecule has 1 fully saturated rings. The standard InChI is InChI=1S/C18H18N2O3/c1-12-2-6-14(7-3-12)23-15-8-4-13(5-9-15)19-18(22)16-10-11-17(21)20-16/h2-9,16H,10-11H2,1H3,(H,19,22)(H,20,21)/t16-/m1/s1. The number of rotatable bonds is 4. The molecule has 3 rings (SSSR count). The van der Waals surface area contributed by atoms with E-state index in [1.165, 1.54) is 5.56 Å². The molecule has 1 atom stereocenters. The van der Waals surface area contributed by atoms with E-state index in [0.717, 1.165) is 5.75 Å². The van der Waals surface area contributed by atoms with Gasteiger partial charge in [0.25, 0.3) is 0 Å². The number of amides is 2. The van der Waals surface area contributed by atoms with Gasteiger partial charge in [0, 0.05) is 12.1 Å². The number of hydrogen-bond donors (Lipinski definition) is 2. The van der Waals surface area contributed by atoms with Crippen molar-refractivity contribution in [2.24, 2.45) is 0 Å². The molecule has 2 amide bonds. The van der Waals surface area contributed by atoms with Gasteiger partial charge in [0.2, 0.25) is 11.8 Å². The fraction of sp³-hybridized carbons (Fsp3) is 0.222. The van der Waals surface area contributed by atoms with Gasteiger partial charge >= 0.3 is 0 Å². The van der Waals surface area contributed by atoms with Crippen molar-refractivity contribution in [2.45, 2.75) is 25.8 Å². The summed E-state index contributed by atoms with van der Waals surface area (Å²) in [5, 5.41) is 5.44. The minimum absolute atomic E-state index is 0.0769. The third kappa shape index (κ3) is 3.88. The predicted octanol–water partition coefficient (Wildman–Crippen LogP) is 3.00. The van der Waals surface area contributed by atoms with Gasteiger partial charge in [0.1, 0.15) is 17.5 Å². The molecular formula is C18H18N2O3. The third-order valence-corrected chi connectivity index (χ3v) is 3.69. The Morgan fingerprint density at radius 2 is 1.70 bits per heavy atom. The summed E-state index contributed by atoms with van der Waals surface area (Å²) in [7, 11) is 0. The lowest BCUT2D eigenvalue weighted by Crippen LogP contribution is -2.37. The van der Waals surface area contributed by atoms with Gasteiger partial charge in [-0.3, -0.25) is 9.59 Å². The highest BCUT2D eigenvalue weighted by molar-refractivity contribution is 5.98. The summed E-state index contributed by atoms with van der Waals surface area (Å²) in [6.45, 7) is 2.02. The van der Waals surface area contributed by atoms with Gasteiger partial charge in [-0.2, -0.15) is 0 Å². The number of carbonyl (C=O) groups excluding carboxylic acids is 2. The van der Waals surface area contributed by atoms with Crippen molar-refractivity contribution in [1.82, 2.24) is 5.32 Å². The van der Waals surface area contributed by atoms with Crippen LogP contribution >= 0.6 is 0 Å². The Bertz CT molecular complexity index is 708. The molecule has 0 bridgehead atoms. The van der Waals surface area contributed by atoms with Crippen LogP contribution in [0, 0.1) is 6.92 Å². The van der Waals surface area contributed by atoms with Gasteiger partial charge in [0.15, 0.2) is 0 Å². The van der Waals surface area contributed by atoms with E-state index in [9.17, 15) is 9.59 Å². The molecule has 1 aliphatic heterocycles. The molecule has 1 heterocycles. The maximum Gasteiger partial charge on any atom is 0.246 e. The summed E-state index contributed by atoms with van der Waals surface area (Å²) in [5.41, 5.74) is 1.85. The Morgan fingerprint density at radius 3 is 2.26 bits per heavy atom. The second kappa shape index (κ2) is 6.52. The molecule has 0 saturated carbocycles. The van der Waals surface area contributed by atoms with E-state index >= 15 is 0 Å². The molecule has 2 N–H and O–H groups in total. The Morgan fingerprint density at radius 1 is 1.09 bits per heavy atom. The molecule has 118 valence electrons. The van der Waals surface area contributed by atoms with Crippen LogP contribution in [0.25, 0.3) is 0 Å². The van der Waals surface area contributed by atoms with Crippen LogP contribution in [-0.2, 0) is 9.59 Å². The number of hydrogen-bond acceptors (Lipinski definition) is 3.